The third-order valence-electron chi connectivity index (χ3n) is 4.88. The molecule has 0 fully saturated rings. The second-order valence-electron chi connectivity index (χ2n) is 6.88. The maximum atomic E-state index is 13.1. The average molecular weight is 409 g/mol. The molecule has 0 aromatic heterocycles. The van der Waals surface area contributed by atoms with Crippen molar-refractivity contribution in [3.8, 4) is 5.75 Å². The van der Waals surface area contributed by atoms with Crippen molar-refractivity contribution < 1.29 is 19.0 Å². The number of nitrogens with one attached hydrogen (secondary N) is 1. The number of methoxy groups -OCH3 is 1. The Morgan fingerprint density at radius 3 is 2.41 bits per heavy atom. The summed E-state index contributed by atoms with van der Waals surface area (Å²) >= 11 is 1.45. The molecule has 29 heavy (non-hydrogen) atoms. The van der Waals surface area contributed by atoms with Crippen molar-refractivity contribution in [2.24, 2.45) is 0 Å². The minimum absolute atomic E-state index is 0.259. The predicted molar refractivity (Wildman–Crippen MR) is 112 cm³/mol. The second kappa shape index (κ2) is 8.27. The van der Waals surface area contributed by atoms with Gasteiger partial charge in [-0.15, -0.1) is 11.8 Å². The van der Waals surface area contributed by atoms with E-state index < -0.39 is 17.3 Å². The molecule has 1 aliphatic heterocycles. The Morgan fingerprint density at radius 2 is 1.72 bits per heavy atom. The lowest BCUT2D eigenvalue weighted by Gasteiger charge is -2.19. The fourth-order valence-electron chi connectivity index (χ4n) is 3.30. The van der Waals surface area contributed by atoms with Crippen LogP contribution < -0.4 is 10.1 Å². The molecule has 3 aromatic carbocycles. The maximum absolute atomic E-state index is 13.1. The molecule has 3 aromatic rings. The SMILES string of the molecule is COc1ccc([C@@H]2Sc3cc(Cc4ccc(F)cc4)ccc3NC(=O)[C@@H]2O)cc1. The number of benzene rings is 3. The number of hydrogen-bond donors (Lipinski definition) is 2. The fraction of sp³-hybridized carbons (Fsp3) is 0.174. The van der Waals surface area contributed by atoms with Crippen molar-refractivity contribution in [2.75, 3.05) is 12.4 Å². The summed E-state index contributed by atoms with van der Waals surface area (Å²) in [7, 11) is 1.59. The van der Waals surface area contributed by atoms with E-state index in [9.17, 15) is 14.3 Å². The molecule has 4 rings (SSSR count). The van der Waals surface area contributed by atoms with E-state index in [0.29, 0.717) is 17.9 Å². The van der Waals surface area contributed by atoms with Crippen LogP contribution in [0.1, 0.15) is 21.9 Å². The van der Waals surface area contributed by atoms with Crippen LogP contribution in [0.5, 0.6) is 5.75 Å². The first-order valence-electron chi connectivity index (χ1n) is 9.20. The van der Waals surface area contributed by atoms with Crippen LogP contribution >= 0.6 is 11.8 Å². The first kappa shape index (κ1) is 19.5. The summed E-state index contributed by atoms with van der Waals surface area (Å²) in [5, 5.41) is 13.0. The average Bonchev–Trinajstić information content (AvgIpc) is 2.86. The van der Waals surface area contributed by atoms with Gasteiger partial charge in [0, 0.05) is 4.90 Å². The highest BCUT2D eigenvalue weighted by molar-refractivity contribution is 7.99. The molecule has 0 bridgehead atoms. The van der Waals surface area contributed by atoms with Crippen LogP contribution in [0.4, 0.5) is 10.1 Å². The van der Waals surface area contributed by atoms with Gasteiger partial charge in [-0.2, -0.15) is 0 Å². The number of carbonyl (C=O) groups is 1. The molecule has 1 amide bonds. The van der Waals surface area contributed by atoms with Gasteiger partial charge in [-0.05, 0) is 59.5 Å². The van der Waals surface area contributed by atoms with Crippen molar-refractivity contribution in [3.63, 3.8) is 0 Å². The van der Waals surface area contributed by atoms with E-state index in [1.807, 2.05) is 42.5 Å². The van der Waals surface area contributed by atoms with Gasteiger partial charge >= 0.3 is 0 Å². The van der Waals surface area contributed by atoms with E-state index in [1.54, 1.807) is 19.2 Å². The minimum Gasteiger partial charge on any atom is -0.497 e. The third-order valence-corrected chi connectivity index (χ3v) is 6.25. The van der Waals surface area contributed by atoms with Gasteiger partial charge in [-0.3, -0.25) is 4.79 Å². The van der Waals surface area contributed by atoms with Gasteiger partial charge in [0.15, 0.2) is 0 Å². The Kier molecular flexibility index (Phi) is 5.56. The molecule has 2 atom stereocenters. The van der Waals surface area contributed by atoms with Crippen molar-refractivity contribution in [2.45, 2.75) is 22.7 Å². The molecule has 0 unspecified atom stereocenters. The van der Waals surface area contributed by atoms with Gasteiger partial charge in [-0.1, -0.05) is 30.3 Å². The lowest BCUT2D eigenvalue weighted by molar-refractivity contribution is -0.124. The first-order chi connectivity index (χ1) is 14.0. The number of hydrogen-bond acceptors (Lipinski definition) is 4. The van der Waals surface area contributed by atoms with E-state index in [1.165, 1.54) is 23.9 Å². The van der Waals surface area contributed by atoms with Gasteiger partial charge in [0.25, 0.3) is 5.91 Å². The molecule has 0 aliphatic carbocycles. The summed E-state index contributed by atoms with van der Waals surface area (Å²) in [6.07, 6.45) is -0.529. The maximum Gasteiger partial charge on any atom is 0.254 e. The van der Waals surface area contributed by atoms with Crippen LogP contribution in [-0.2, 0) is 11.2 Å². The molecule has 2 N–H and O–H groups in total. The highest BCUT2D eigenvalue weighted by atomic mass is 32.2. The van der Waals surface area contributed by atoms with Gasteiger partial charge in [-0.25, -0.2) is 4.39 Å². The number of amides is 1. The van der Waals surface area contributed by atoms with Crippen LogP contribution in [0.25, 0.3) is 0 Å². The molecule has 1 heterocycles. The van der Waals surface area contributed by atoms with E-state index in [2.05, 4.69) is 5.32 Å². The van der Waals surface area contributed by atoms with Crippen LogP contribution in [-0.4, -0.2) is 24.2 Å². The van der Waals surface area contributed by atoms with E-state index in [4.69, 9.17) is 4.74 Å². The van der Waals surface area contributed by atoms with Gasteiger partial charge in [0.1, 0.15) is 17.7 Å². The number of rotatable bonds is 4. The topological polar surface area (TPSA) is 58.6 Å². The van der Waals surface area contributed by atoms with Gasteiger partial charge in [0.05, 0.1) is 18.0 Å². The predicted octanol–water partition coefficient (Wildman–Crippen LogP) is 4.57. The number of aliphatic hydroxyl groups is 1. The van der Waals surface area contributed by atoms with Gasteiger partial charge < -0.3 is 15.2 Å². The zero-order valence-electron chi connectivity index (χ0n) is 15.8. The number of ether oxygens (including phenoxy) is 1. The Hall–Kier alpha value is -2.83. The van der Waals surface area contributed by atoms with Crippen LogP contribution in [0, 0.1) is 5.82 Å². The first-order valence-corrected chi connectivity index (χ1v) is 10.1. The van der Waals surface area contributed by atoms with E-state index in [0.717, 1.165) is 21.6 Å². The third kappa shape index (κ3) is 4.28. The van der Waals surface area contributed by atoms with Crippen molar-refractivity contribution in [1.29, 1.82) is 0 Å². The summed E-state index contributed by atoms with van der Waals surface area (Å²) in [5.41, 5.74) is 3.57. The number of carbonyl (C=O) groups excluding carboxylic acids is 1. The molecule has 0 saturated heterocycles. The summed E-state index contributed by atoms with van der Waals surface area (Å²) in [6.45, 7) is 0. The Morgan fingerprint density at radius 1 is 1.03 bits per heavy atom. The number of thioether (sulfide) groups is 1. The molecular formula is C23H20FNO3S. The second-order valence-corrected chi connectivity index (χ2v) is 8.06. The molecular weight excluding hydrogens is 389 g/mol. The number of aliphatic hydroxyl groups excluding tert-OH is 1. The monoisotopic (exact) mass is 409 g/mol. The minimum atomic E-state index is -1.18. The summed E-state index contributed by atoms with van der Waals surface area (Å²) in [4.78, 5) is 13.3. The number of fused-ring (bicyclic) bond motifs is 1. The molecule has 148 valence electrons. The zero-order valence-corrected chi connectivity index (χ0v) is 16.6. The van der Waals surface area contributed by atoms with E-state index >= 15 is 0 Å². The molecule has 0 spiro atoms. The van der Waals surface area contributed by atoms with E-state index in [-0.39, 0.29) is 5.82 Å². The molecule has 1 aliphatic rings. The number of halogens is 1. The number of anilines is 1. The van der Waals surface area contributed by atoms with Crippen LogP contribution in [0.15, 0.2) is 71.6 Å². The highest BCUT2D eigenvalue weighted by Gasteiger charge is 2.32. The quantitative estimate of drug-likeness (QED) is 0.663. The molecule has 6 heteroatoms. The fourth-order valence-corrected chi connectivity index (χ4v) is 4.59. The van der Waals surface area contributed by atoms with Crippen molar-refractivity contribution in [1.82, 2.24) is 0 Å². The summed E-state index contributed by atoms with van der Waals surface area (Å²) in [6, 6.07) is 19.6. The Balaban J connectivity index is 1.64. The standard InChI is InChI=1S/C23H20FNO3S/c1-28-18-9-5-16(6-10-18)22-21(26)23(27)25-19-11-4-15(13-20(19)29-22)12-14-2-7-17(24)8-3-14/h2-11,13,21-22,26H,12H2,1H3,(H,25,27)/t21-,22+/m1/s1. The zero-order chi connectivity index (χ0) is 20.4. The largest absolute Gasteiger partial charge is 0.497 e. The van der Waals surface area contributed by atoms with Crippen molar-refractivity contribution in [3.05, 3.63) is 89.2 Å². The van der Waals surface area contributed by atoms with Crippen LogP contribution in [0.3, 0.4) is 0 Å². The lowest BCUT2D eigenvalue weighted by Crippen LogP contribution is -2.30. The molecule has 4 nitrogen and oxygen atoms in total. The Labute approximate surface area is 172 Å². The molecule has 0 saturated carbocycles. The van der Waals surface area contributed by atoms with Crippen molar-refractivity contribution >= 4 is 23.4 Å². The van der Waals surface area contributed by atoms with Gasteiger partial charge in [0.2, 0.25) is 0 Å². The normalized spacial score (nSPS) is 18.5. The highest BCUT2D eigenvalue weighted by Crippen LogP contribution is 2.44. The smallest absolute Gasteiger partial charge is 0.254 e. The summed E-state index contributed by atoms with van der Waals surface area (Å²) < 4.78 is 18.3. The molecule has 0 radical (unpaired) electrons. The Bertz CT molecular complexity index is 1020. The van der Waals surface area contributed by atoms with Crippen LogP contribution in [0.2, 0.25) is 0 Å². The summed E-state index contributed by atoms with van der Waals surface area (Å²) in [5.74, 6) is 0.0296. The lowest BCUT2D eigenvalue weighted by atomic mass is 10.0.